The van der Waals surface area contributed by atoms with E-state index in [0.29, 0.717) is 0 Å². The highest BCUT2D eigenvalue weighted by molar-refractivity contribution is 7.13. The molecule has 0 aliphatic rings. The molecule has 96 valence electrons. The van der Waals surface area contributed by atoms with Crippen LogP contribution in [0.2, 0.25) is 0 Å². The molecule has 0 amide bonds. The molecule has 4 aromatic rings. The lowest BCUT2D eigenvalue weighted by Gasteiger charge is -1.94. The average molecular weight is 277 g/mol. The van der Waals surface area contributed by atoms with Gasteiger partial charge in [0.1, 0.15) is 5.01 Å². The van der Waals surface area contributed by atoms with Crippen LogP contribution < -0.4 is 0 Å². The number of aromatic amines is 1. The summed E-state index contributed by atoms with van der Waals surface area (Å²) in [6.07, 6.45) is 3.64. The average Bonchev–Trinajstić information content (AvgIpc) is 3.14. The van der Waals surface area contributed by atoms with Crippen molar-refractivity contribution in [2.75, 3.05) is 0 Å². The van der Waals surface area contributed by atoms with Gasteiger partial charge in [-0.15, -0.1) is 11.3 Å². The Morgan fingerprint density at radius 2 is 1.95 bits per heavy atom. The molecule has 0 bridgehead atoms. The Kier molecular flexibility index (Phi) is 2.60. The van der Waals surface area contributed by atoms with Crippen LogP contribution in [0, 0.1) is 0 Å². The monoisotopic (exact) mass is 277 g/mol. The molecule has 0 atom stereocenters. The second-order valence-electron chi connectivity index (χ2n) is 4.55. The van der Waals surface area contributed by atoms with Crippen LogP contribution in [0.3, 0.4) is 0 Å². The van der Waals surface area contributed by atoms with Gasteiger partial charge < -0.3 is 4.98 Å². The van der Waals surface area contributed by atoms with E-state index in [0.717, 1.165) is 32.9 Å². The number of thiazole rings is 1. The van der Waals surface area contributed by atoms with Gasteiger partial charge in [-0.05, 0) is 12.1 Å². The van der Waals surface area contributed by atoms with Crippen molar-refractivity contribution in [1.82, 2.24) is 15.0 Å². The molecule has 0 unspecified atom stereocenters. The smallest absolute Gasteiger partial charge is 0.140 e. The lowest BCUT2D eigenvalue weighted by Crippen LogP contribution is -1.78. The van der Waals surface area contributed by atoms with Gasteiger partial charge in [-0.3, -0.25) is 4.98 Å². The van der Waals surface area contributed by atoms with Crippen molar-refractivity contribution in [3.8, 4) is 22.0 Å². The van der Waals surface area contributed by atoms with Gasteiger partial charge in [0.25, 0.3) is 0 Å². The standard InChI is InChI=1S/C16H11N3S/c1-2-4-11(5-3-1)15-10-20-16(19-15)13-8-12-6-7-17-9-14(12)18-13/h1-10,18H. The SMILES string of the molecule is c1ccc(-c2csc(-c3cc4ccncc4[nH]3)n2)cc1. The Balaban J connectivity index is 1.78. The van der Waals surface area contributed by atoms with Gasteiger partial charge in [0, 0.05) is 22.5 Å². The number of nitrogens with zero attached hydrogens (tertiary/aromatic N) is 2. The van der Waals surface area contributed by atoms with E-state index in [1.807, 2.05) is 30.5 Å². The summed E-state index contributed by atoms with van der Waals surface area (Å²) in [5, 5.41) is 4.25. The maximum absolute atomic E-state index is 4.71. The highest BCUT2D eigenvalue weighted by Gasteiger charge is 2.09. The van der Waals surface area contributed by atoms with Crippen LogP contribution in [-0.2, 0) is 0 Å². The third kappa shape index (κ3) is 1.90. The summed E-state index contributed by atoms with van der Waals surface area (Å²) in [5.41, 5.74) is 4.24. The third-order valence-electron chi connectivity index (χ3n) is 3.23. The van der Waals surface area contributed by atoms with Gasteiger partial charge >= 0.3 is 0 Å². The van der Waals surface area contributed by atoms with Crippen LogP contribution in [-0.4, -0.2) is 15.0 Å². The minimum atomic E-state index is 1.00. The number of nitrogens with one attached hydrogen (secondary N) is 1. The van der Waals surface area contributed by atoms with Crippen LogP contribution in [0.5, 0.6) is 0 Å². The third-order valence-corrected chi connectivity index (χ3v) is 4.10. The number of hydrogen-bond acceptors (Lipinski definition) is 3. The molecule has 3 heterocycles. The zero-order valence-corrected chi connectivity index (χ0v) is 11.4. The van der Waals surface area contributed by atoms with Crippen LogP contribution >= 0.6 is 11.3 Å². The number of rotatable bonds is 2. The normalized spacial score (nSPS) is 11.0. The Bertz CT molecular complexity index is 828. The molecule has 4 rings (SSSR count). The summed E-state index contributed by atoms with van der Waals surface area (Å²) in [4.78, 5) is 12.2. The zero-order chi connectivity index (χ0) is 13.4. The van der Waals surface area contributed by atoms with Crippen molar-refractivity contribution >= 4 is 22.2 Å². The number of aromatic nitrogens is 3. The molecule has 0 aliphatic heterocycles. The summed E-state index contributed by atoms with van der Waals surface area (Å²) in [6.45, 7) is 0. The Morgan fingerprint density at radius 1 is 1.05 bits per heavy atom. The molecule has 4 heteroatoms. The topological polar surface area (TPSA) is 41.6 Å². The Morgan fingerprint density at radius 3 is 2.80 bits per heavy atom. The molecule has 0 saturated carbocycles. The van der Waals surface area contributed by atoms with Gasteiger partial charge in [0.2, 0.25) is 0 Å². The fourth-order valence-electron chi connectivity index (χ4n) is 2.23. The van der Waals surface area contributed by atoms with Gasteiger partial charge in [-0.1, -0.05) is 30.3 Å². The number of fused-ring (bicyclic) bond motifs is 1. The first-order valence-corrected chi connectivity index (χ1v) is 7.22. The largest absolute Gasteiger partial charge is 0.351 e. The van der Waals surface area contributed by atoms with Crippen molar-refractivity contribution in [2.45, 2.75) is 0 Å². The zero-order valence-electron chi connectivity index (χ0n) is 10.6. The lowest BCUT2D eigenvalue weighted by atomic mass is 10.2. The van der Waals surface area contributed by atoms with E-state index in [-0.39, 0.29) is 0 Å². The van der Waals surface area contributed by atoms with E-state index < -0.39 is 0 Å². The molecular formula is C16H11N3S. The first kappa shape index (κ1) is 11.4. The summed E-state index contributed by atoms with van der Waals surface area (Å²) in [6, 6.07) is 14.3. The van der Waals surface area contributed by atoms with Crippen molar-refractivity contribution in [2.24, 2.45) is 0 Å². The molecule has 1 N–H and O–H groups in total. The first-order chi connectivity index (χ1) is 9.90. The fourth-order valence-corrected chi connectivity index (χ4v) is 3.03. The molecule has 0 spiro atoms. The van der Waals surface area contributed by atoms with Crippen molar-refractivity contribution in [3.05, 3.63) is 60.2 Å². The van der Waals surface area contributed by atoms with Gasteiger partial charge in [-0.25, -0.2) is 4.98 Å². The van der Waals surface area contributed by atoms with Crippen LogP contribution in [0.4, 0.5) is 0 Å². The molecule has 3 nitrogen and oxygen atoms in total. The maximum Gasteiger partial charge on any atom is 0.140 e. The van der Waals surface area contributed by atoms with E-state index in [1.165, 1.54) is 0 Å². The van der Waals surface area contributed by atoms with Crippen molar-refractivity contribution in [3.63, 3.8) is 0 Å². The van der Waals surface area contributed by atoms with Gasteiger partial charge in [0.05, 0.1) is 23.1 Å². The summed E-state index contributed by atoms with van der Waals surface area (Å²) < 4.78 is 0. The fraction of sp³-hybridized carbons (Fsp3) is 0. The van der Waals surface area contributed by atoms with E-state index in [4.69, 9.17) is 4.98 Å². The molecule has 0 radical (unpaired) electrons. The quantitative estimate of drug-likeness (QED) is 0.591. The second kappa shape index (κ2) is 4.58. The molecule has 20 heavy (non-hydrogen) atoms. The molecule has 0 aliphatic carbocycles. The molecule has 3 aromatic heterocycles. The minimum absolute atomic E-state index is 1.00. The highest BCUT2D eigenvalue weighted by Crippen LogP contribution is 2.30. The van der Waals surface area contributed by atoms with E-state index >= 15 is 0 Å². The predicted octanol–water partition coefficient (Wildman–Crippen LogP) is 4.35. The molecule has 0 fully saturated rings. The first-order valence-electron chi connectivity index (χ1n) is 6.34. The summed E-state index contributed by atoms with van der Waals surface area (Å²) >= 11 is 1.65. The maximum atomic E-state index is 4.71. The molecular weight excluding hydrogens is 266 g/mol. The number of benzene rings is 1. The summed E-state index contributed by atoms with van der Waals surface area (Å²) in [7, 11) is 0. The van der Waals surface area contributed by atoms with Gasteiger partial charge in [-0.2, -0.15) is 0 Å². The molecule has 0 saturated heterocycles. The minimum Gasteiger partial charge on any atom is -0.351 e. The lowest BCUT2D eigenvalue weighted by molar-refractivity contribution is 1.33. The second-order valence-corrected chi connectivity index (χ2v) is 5.41. The van der Waals surface area contributed by atoms with Crippen LogP contribution in [0.15, 0.2) is 60.2 Å². The van der Waals surface area contributed by atoms with Crippen molar-refractivity contribution < 1.29 is 0 Å². The molecule has 1 aromatic carbocycles. The van der Waals surface area contributed by atoms with Crippen LogP contribution in [0.25, 0.3) is 32.9 Å². The summed E-state index contributed by atoms with van der Waals surface area (Å²) in [5.74, 6) is 0. The Hall–Kier alpha value is -2.46. The van der Waals surface area contributed by atoms with Gasteiger partial charge in [0.15, 0.2) is 0 Å². The Labute approximate surface area is 120 Å². The highest BCUT2D eigenvalue weighted by atomic mass is 32.1. The number of pyridine rings is 1. The number of H-pyrrole nitrogens is 1. The van der Waals surface area contributed by atoms with Crippen LogP contribution in [0.1, 0.15) is 0 Å². The predicted molar refractivity (Wildman–Crippen MR) is 82.6 cm³/mol. The van der Waals surface area contributed by atoms with E-state index in [1.54, 1.807) is 17.5 Å². The number of hydrogen-bond donors (Lipinski definition) is 1. The van der Waals surface area contributed by atoms with Crippen molar-refractivity contribution in [1.29, 1.82) is 0 Å². The van der Waals surface area contributed by atoms with E-state index in [2.05, 4.69) is 33.5 Å². The van der Waals surface area contributed by atoms with E-state index in [9.17, 15) is 0 Å².